The molecule has 1 N–H and O–H groups in total. The summed E-state index contributed by atoms with van der Waals surface area (Å²) < 4.78 is 11.9. The smallest absolute Gasteiger partial charge is 0.130 e. The molecule has 0 radical (unpaired) electrons. The van der Waals surface area contributed by atoms with Crippen molar-refractivity contribution in [1.29, 1.82) is 0 Å². The van der Waals surface area contributed by atoms with Crippen molar-refractivity contribution in [1.82, 2.24) is 9.97 Å². The maximum absolute atomic E-state index is 11.9. The second kappa shape index (κ2) is 6.46. The number of aromatic nitrogens is 2. The molecule has 0 saturated heterocycles. The number of anilines is 1. The second-order valence-electron chi connectivity index (χ2n) is 5.24. The van der Waals surface area contributed by atoms with Gasteiger partial charge in [0, 0.05) is 39.6 Å². The normalized spacial score (nSPS) is 25.0. The average molecular weight is 281 g/mol. The van der Waals surface area contributed by atoms with Gasteiger partial charge in [0.1, 0.15) is 11.6 Å². The molecule has 1 aliphatic carbocycles. The van der Waals surface area contributed by atoms with Gasteiger partial charge in [-0.05, 0) is 33.1 Å². The number of hydrogen-bond donors (Lipinski definition) is 1. The van der Waals surface area contributed by atoms with Crippen molar-refractivity contribution in [3.63, 3.8) is 0 Å². The molecule has 0 aromatic carbocycles. The topological polar surface area (TPSA) is 54.9 Å². The highest BCUT2D eigenvalue weighted by molar-refractivity contribution is 7.85. The third kappa shape index (κ3) is 4.00. The summed E-state index contributed by atoms with van der Waals surface area (Å²) in [6.45, 7) is 5.90. The molecular formula is C14H23N3OS. The largest absolute Gasteiger partial charge is 0.367 e. The molecule has 1 saturated carbocycles. The van der Waals surface area contributed by atoms with Crippen LogP contribution in [0.4, 0.5) is 5.82 Å². The lowest BCUT2D eigenvalue weighted by atomic mass is 9.95. The molecule has 1 aromatic rings. The van der Waals surface area contributed by atoms with Crippen molar-refractivity contribution in [2.24, 2.45) is 0 Å². The van der Waals surface area contributed by atoms with Gasteiger partial charge in [-0.15, -0.1) is 0 Å². The van der Waals surface area contributed by atoms with Gasteiger partial charge in [-0.3, -0.25) is 4.21 Å². The zero-order chi connectivity index (χ0) is 13.8. The van der Waals surface area contributed by atoms with Crippen molar-refractivity contribution in [3.05, 3.63) is 17.6 Å². The van der Waals surface area contributed by atoms with Gasteiger partial charge in [0.15, 0.2) is 0 Å². The Bertz CT molecular complexity index is 444. The molecule has 0 amide bonds. The van der Waals surface area contributed by atoms with Gasteiger partial charge in [0.25, 0.3) is 0 Å². The number of hydrogen-bond acceptors (Lipinski definition) is 4. The van der Waals surface area contributed by atoms with Crippen LogP contribution in [0.25, 0.3) is 0 Å². The van der Waals surface area contributed by atoms with Crippen LogP contribution in [0.15, 0.2) is 6.07 Å². The summed E-state index contributed by atoms with van der Waals surface area (Å²) in [4.78, 5) is 8.70. The number of rotatable bonds is 4. The van der Waals surface area contributed by atoms with E-state index in [1.165, 1.54) is 0 Å². The van der Waals surface area contributed by atoms with Crippen molar-refractivity contribution in [2.45, 2.75) is 57.7 Å². The first-order chi connectivity index (χ1) is 9.08. The van der Waals surface area contributed by atoms with Crippen molar-refractivity contribution in [3.8, 4) is 0 Å². The van der Waals surface area contributed by atoms with E-state index in [1.807, 2.05) is 26.8 Å². The van der Waals surface area contributed by atoms with Crippen molar-refractivity contribution in [2.75, 3.05) is 11.1 Å². The zero-order valence-corrected chi connectivity index (χ0v) is 12.8. The summed E-state index contributed by atoms with van der Waals surface area (Å²) in [5.41, 5.74) is 0.986. The molecule has 3 unspecified atom stereocenters. The molecular weight excluding hydrogens is 258 g/mol. The number of nitrogens with zero attached hydrogens (tertiary/aromatic N) is 2. The standard InChI is InChI=1S/C14H23N3OS/c1-4-19(18)13-7-5-6-12(9-13)17-14-8-10(2)15-11(3)16-14/h8,12-13H,4-7,9H2,1-3H3,(H,15,16,17). The van der Waals surface area contributed by atoms with E-state index in [2.05, 4.69) is 15.3 Å². The molecule has 0 bridgehead atoms. The molecule has 1 heterocycles. The SMILES string of the molecule is CCS(=O)C1CCCC(Nc2cc(C)nc(C)n2)C1. The molecule has 4 nitrogen and oxygen atoms in total. The van der Waals surface area contributed by atoms with Crippen LogP contribution in [0, 0.1) is 13.8 Å². The van der Waals surface area contributed by atoms with Crippen LogP contribution in [-0.2, 0) is 10.8 Å². The van der Waals surface area contributed by atoms with Gasteiger partial charge in [-0.2, -0.15) is 0 Å². The molecule has 3 atom stereocenters. The van der Waals surface area contributed by atoms with Gasteiger partial charge >= 0.3 is 0 Å². The lowest BCUT2D eigenvalue weighted by molar-refractivity contribution is 0.464. The number of nitrogens with one attached hydrogen (secondary N) is 1. The molecule has 0 aliphatic heterocycles. The molecule has 5 heteroatoms. The lowest BCUT2D eigenvalue weighted by Crippen LogP contribution is -2.33. The third-order valence-electron chi connectivity index (χ3n) is 3.60. The summed E-state index contributed by atoms with van der Waals surface area (Å²) in [5.74, 6) is 2.47. The van der Waals surface area contributed by atoms with Crippen LogP contribution < -0.4 is 5.32 Å². The fraction of sp³-hybridized carbons (Fsp3) is 0.714. The van der Waals surface area contributed by atoms with Crippen LogP contribution in [0.1, 0.15) is 44.1 Å². The summed E-state index contributed by atoms with van der Waals surface area (Å²) in [5, 5.41) is 3.83. The molecule has 106 valence electrons. The summed E-state index contributed by atoms with van der Waals surface area (Å²) in [6, 6.07) is 2.37. The minimum absolute atomic E-state index is 0.347. The highest BCUT2D eigenvalue weighted by atomic mass is 32.2. The van der Waals surface area contributed by atoms with E-state index in [9.17, 15) is 4.21 Å². The monoisotopic (exact) mass is 281 g/mol. The minimum atomic E-state index is -0.674. The van der Waals surface area contributed by atoms with E-state index in [1.54, 1.807) is 0 Å². The van der Waals surface area contributed by atoms with Crippen molar-refractivity contribution >= 4 is 16.6 Å². The molecule has 1 aliphatic rings. The predicted octanol–water partition coefficient (Wildman–Crippen LogP) is 2.59. The van der Waals surface area contributed by atoms with E-state index >= 15 is 0 Å². The van der Waals surface area contributed by atoms with E-state index in [0.29, 0.717) is 11.3 Å². The maximum Gasteiger partial charge on any atom is 0.130 e. The van der Waals surface area contributed by atoms with Gasteiger partial charge in [-0.25, -0.2) is 9.97 Å². The van der Waals surface area contributed by atoms with Crippen molar-refractivity contribution < 1.29 is 4.21 Å². The zero-order valence-electron chi connectivity index (χ0n) is 12.0. The summed E-state index contributed by atoms with van der Waals surface area (Å²) >= 11 is 0. The fourth-order valence-electron chi connectivity index (χ4n) is 2.75. The molecule has 2 rings (SSSR count). The Kier molecular flexibility index (Phi) is 4.91. The van der Waals surface area contributed by atoms with E-state index in [0.717, 1.165) is 48.8 Å². The quantitative estimate of drug-likeness (QED) is 0.921. The Balaban J connectivity index is 2.00. The first-order valence-electron chi connectivity index (χ1n) is 7.04. The maximum atomic E-state index is 11.9. The molecule has 0 spiro atoms. The van der Waals surface area contributed by atoms with E-state index in [4.69, 9.17) is 0 Å². The molecule has 1 fully saturated rings. The van der Waals surface area contributed by atoms with E-state index in [-0.39, 0.29) is 0 Å². The first kappa shape index (κ1) is 14.4. The minimum Gasteiger partial charge on any atom is -0.367 e. The van der Waals surface area contributed by atoms with Gasteiger partial charge in [0.05, 0.1) is 0 Å². The Morgan fingerprint density at radius 1 is 1.37 bits per heavy atom. The highest BCUT2D eigenvalue weighted by Crippen LogP contribution is 2.25. The Labute approximate surface area is 117 Å². The summed E-state index contributed by atoms with van der Waals surface area (Å²) in [6.07, 6.45) is 4.37. The number of aryl methyl sites for hydroxylation is 2. The van der Waals surface area contributed by atoms with Crippen LogP contribution in [0.5, 0.6) is 0 Å². The Hall–Kier alpha value is -0.970. The van der Waals surface area contributed by atoms with Crippen LogP contribution in [0.2, 0.25) is 0 Å². The Morgan fingerprint density at radius 3 is 2.84 bits per heavy atom. The second-order valence-corrected chi connectivity index (χ2v) is 7.25. The Morgan fingerprint density at radius 2 is 2.16 bits per heavy atom. The molecule has 1 aromatic heterocycles. The summed E-state index contributed by atoms with van der Waals surface area (Å²) in [7, 11) is -0.674. The average Bonchev–Trinajstić information content (AvgIpc) is 2.37. The van der Waals surface area contributed by atoms with Gasteiger partial charge in [0.2, 0.25) is 0 Å². The highest BCUT2D eigenvalue weighted by Gasteiger charge is 2.25. The lowest BCUT2D eigenvalue weighted by Gasteiger charge is -2.29. The fourth-order valence-corrected chi connectivity index (χ4v) is 4.10. The molecule has 19 heavy (non-hydrogen) atoms. The third-order valence-corrected chi connectivity index (χ3v) is 5.34. The van der Waals surface area contributed by atoms with E-state index < -0.39 is 10.8 Å². The first-order valence-corrected chi connectivity index (χ1v) is 8.42. The predicted molar refractivity (Wildman–Crippen MR) is 79.9 cm³/mol. The van der Waals surface area contributed by atoms with Gasteiger partial charge < -0.3 is 5.32 Å². The van der Waals surface area contributed by atoms with Crippen LogP contribution in [0.3, 0.4) is 0 Å². The van der Waals surface area contributed by atoms with Gasteiger partial charge in [-0.1, -0.05) is 13.3 Å². The van der Waals surface area contributed by atoms with Crippen LogP contribution >= 0.6 is 0 Å². The van der Waals surface area contributed by atoms with Crippen LogP contribution in [-0.4, -0.2) is 31.2 Å².